The van der Waals surface area contributed by atoms with Crippen molar-refractivity contribution >= 4 is 23.8 Å². The summed E-state index contributed by atoms with van der Waals surface area (Å²) in [5.41, 5.74) is 4.60. The summed E-state index contributed by atoms with van der Waals surface area (Å²) < 4.78 is 19.6. The van der Waals surface area contributed by atoms with E-state index in [4.69, 9.17) is 0 Å². The van der Waals surface area contributed by atoms with Gasteiger partial charge in [0.1, 0.15) is 11.5 Å². The number of fused-ring (bicyclic) bond motifs is 2. The molecular weight excluding hydrogens is 487 g/mol. The number of Topliss-reactive ketones (excluding diaryl/α,β-unsaturated/α-hetero) is 1. The number of halogens is 1. The molecule has 1 atom stereocenters. The molecule has 6 rings (SSSR count). The number of hydrogen-bond donors (Lipinski definition) is 0. The van der Waals surface area contributed by atoms with Crippen LogP contribution in [0, 0.1) is 18.2 Å². The lowest BCUT2D eigenvalue weighted by molar-refractivity contribution is 0.0775. The zero-order valence-electron chi connectivity index (χ0n) is 20.8. The number of aromatic nitrogens is 5. The summed E-state index contributed by atoms with van der Waals surface area (Å²) in [6.45, 7) is 6.23. The van der Waals surface area contributed by atoms with Gasteiger partial charge in [0.25, 0.3) is 0 Å². The Hall–Kier alpha value is -3.56. The third-order valence-electron chi connectivity index (χ3n) is 7.20. The minimum Gasteiger partial charge on any atom is -0.291 e. The molecule has 1 fully saturated rings. The van der Waals surface area contributed by atoms with Crippen molar-refractivity contribution in [3.63, 3.8) is 0 Å². The van der Waals surface area contributed by atoms with Gasteiger partial charge >= 0.3 is 0 Å². The molecule has 1 aliphatic heterocycles. The molecule has 7 nitrogen and oxygen atoms in total. The molecule has 3 aromatic heterocycles. The number of pyridine rings is 1. The van der Waals surface area contributed by atoms with E-state index < -0.39 is 5.41 Å². The average Bonchev–Trinajstić information content (AvgIpc) is 3.53. The molecule has 1 unspecified atom stereocenters. The maximum Gasteiger partial charge on any atom is 0.193 e. The van der Waals surface area contributed by atoms with E-state index in [9.17, 15) is 9.18 Å². The first-order chi connectivity index (χ1) is 17.9. The quantitative estimate of drug-likeness (QED) is 0.262. The Kier molecular flexibility index (Phi) is 6.04. The smallest absolute Gasteiger partial charge is 0.193 e. The van der Waals surface area contributed by atoms with Gasteiger partial charge in [-0.15, -0.1) is 0 Å². The van der Waals surface area contributed by atoms with Crippen molar-refractivity contribution in [2.24, 2.45) is 5.41 Å². The van der Waals surface area contributed by atoms with Crippen LogP contribution in [0.25, 0.3) is 11.8 Å². The minimum atomic E-state index is -0.740. The predicted octanol–water partition coefficient (Wildman–Crippen LogP) is 5.15. The first-order valence-electron chi connectivity index (χ1n) is 12.4. The number of ketones is 1. The Morgan fingerprint density at radius 2 is 2.00 bits per heavy atom. The van der Waals surface area contributed by atoms with Crippen molar-refractivity contribution < 1.29 is 9.18 Å². The van der Waals surface area contributed by atoms with Crippen molar-refractivity contribution in [2.45, 2.75) is 38.1 Å². The third kappa shape index (κ3) is 4.32. The molecule has 1 aliphatic carbocycles. The number of carbonyl (C=O) groups excluding carboxylic acids is 1. The number of carbonyl (C=O) groups is 1. The van der Waals surface area contributed by atoms with E-state index >= 15 is 0 Å². The molecule has 0 spiro atoms. The Labute approximate surface area is 219 Å². The molecule has 0 saturated carbocycles. The van der Waals surface area contributed by atoms with Crippen LogP contribution in [0.3, 0.4) is 0 Å². The van der Waals surface area contributed by atoms with E-state index in [-0.39, 0.29) is 11.6 Å². The van der Waals surface area contributed by atoms with Gasteiger partial charge in [-0.1, -0.05) is 5.57 Å². The highest BCUT2D eigenvalue weighted by Crippen LogP contribution is 2.48. The molecular formula is C28H27FN6OS. The molecule has 188 valence electrons. The van der Waals surface area contributed by atoms with E-state index in [1.54, 1.807) is 30.3 Å². The molecule has 0 amide bonds. The van der Waals surface area contributed by atoms with Crippen molar-refractivity contribution in [2.75, 3.05) is 13.1 Å². The second-order valence-electron chi connectivity index (χ2n) is 9.66. The topological polar surface area (TPSA) is 68.8 Å². The highest BCUT2D eigenvalue weighted by molar-refractivity contribution is 7.97. The van der Waals surface area contributed by atoms with Gasteiger partial charge in [0.05, 0.1) is 34.1 Å². The molecule has 0 N–H and O–H groups in total. The van der Waals surface area contributed by atoms with Gasteiger partial charge in [-0.3, -0.25) is 14.5 Å². The average molecular weight is 515 g/mol. The van der Waals surface area contributed by atoms with Crippen LogP contribution in [0.4, 0.5) is 4.39 Å². The van der Waals surface area contributed by atoms with Crippen LogP contribution in [-0.2, 0) is 13.0 Å². The molecule has 4 heterocycles. The summed E-state index contributed by atoms with van der Waals surface area (Å²) >= 11 is 1.65. The monoisotopic (exact) mass is 514 g/mol. The fourth-order valence-corrected chi connectivity index (χ4v) is 6.33. The van der Waals surface area contributed by atoms with E-state index in [0.29, 0.717) is 18.7 Å². The summed E-state index contributed by atoms with van der Waals surface area (Å²) in [4.78, 5) is 19.8. The van der Waals surface area contributed by atoms with E-state index in [0.717, 1.165) is 52.5 Å². The Balaban J connectivity index is 1.39. The van der Waals surface area contributed by atoms with Gasteiger partial charge in [-0.2, -0.15) is 10.2 Å². The Bertz CT molecular complexity index is 1510. The first kappa shape index (κ1) is 23.8. The maximum absolute atomic E-state index is 14.3. The van der Waals surface area contributed by atoms with Gasteiger partial charge in [0.15, 0.2) is 5.78 Å². The van der Waals surface area contributed by atoms with Crippen LogP contribution in [0.15, 0.2) is 71.7 Å². The van der Waals surface area contributed by atoms with E-state index in [2.05, 4.69) is 32.5 Å². The molecule has 4 aromatic rings. The van der Waals surface area contributed by atoms with Gasteiger partial charge in [-0.25, -0.2) is 13.4 Å². The second-order valence-corrected chi connectivity index (χ2v) is 10.8. The van der Waals surface area contributed by atoms with E-state index in [1.807, 2.05) is 47.0 Å². The Morgan fingerprint density at radius 3 is 2.76 bits per heavy atom. The molecule has 1 saturated heterocycles. The summed E-state index contributed by atoms with van der Waals surface area (Å²) in [5, 5.41) is 9.03. The van der Waals surface area contributed by atoms with Crippen molar-refractivity contribution in [3.8, 4) is 5.69 Å². The van der Waals surface area contributed by atoms with Crippen molar-refractivity contribution in [1.29, 1.82) is 0 Å². The van der Waals surface area contributed by atoms with Crippen LogP contribution in [0.2, 0.25) is 0 Å². The fourth-order valence-electron chi connectivity index (χ4n) is 5.30. The molecule has 37 heavy (non-hydrogen) atoms. The van der Waals surface area contributed by atoms with Crippen molar-refractivity contribution in [1.82, 2.24) is 28.9 Å². The Morgan fingerprint density at radius 1 is 1.16 bits per heavy atom. The summed E-state index contributed by atoms with van der Waals surface area (Å²) in [7, 11) is 0. The maximum atomic E-state index is 14.3. The molecule has 2 aliphatic rings. The van der Waals surface area contributed by atoms with Crippen LogP contribution in [-0.4, -0.2) is 47.7 Å². The highest BCUT2D eigenvalue weighted by Gasteiger charge is 2.49. The first-order valence-corrected chi connectivity index (χ1v) is 13.2. The zero-order chi connectivity index (χ0) is 25.6. The normalized spacial score (nSPS) is 19.3. The lowest BCUT2D eigenvalue weighted by atomic mass is 9.65. The molecule has 1 aromatic carbocycles. The van der Waals surface area contributed by atoms with E-state index in [1.165, 1.54) is 12.1 Å². The highest BCUT2D eigenvalue weighted by atomic mass is 32.2. The van der Waals surface area contributed by atoms with Gasteiger partial charge in [0, 0.05) is 32.0 Å². The summed E-state index contributed by atoms with van der Waals surface area (Å²) in [6, 6.07) is 10.1. The second kappa shape index (κ2) is 9.39. The van der Waals surface area contributed by atoms with Crippen LogP contribution in [0.5, 0.6) is 0 Å². The third-order valence-corrected chi connectivity index (χ3v) is 8.19. The van der Waals surface area contributed by atoms with Gasteiger partial charge in [0.2, 0.25) is 0 Å². The van der Waals surface area contributed by atoms with Crippen LogP contribution < -0.4 is 0 Å². The zero-order valence-corrected chi connectivity index (χ0v) is 21.6. The van der Waals surface area contributed by atoms with Crippen LogP contribution in [0.1, 0.15) is 40.7 Å². The summed E-state index contributed by atoms with van der Waals surface area (Å²) in [5.74, 6) is -0.245. The fraction of sp³-hybridized carbons (Fsp3) is 0.286. The standard InChI is InChI=1S/C28H27FN6OS/c1-3-33-17-24(16-31-33)37-34-11-9-21-13-26-20(15-32-35(26)23-6-4-22(29)5-7-23)14-28(21,18-34)27(36)25-12-19(2)8-10-30-25/h4-8,10,12-13,15-17H,3,9,11,14,18H2,1-2H3. The number of rotatable bonds is 6. The molecule has 0 radical (unpaired) electrons. The molecule has 0 bridgehead atoms. The number of piperidine rings is 1. The largest absolute Gasteiger partial charge is 0.291 e. The van der Waals surface area contributed by atoms with Gasteiger partial charge in [-0.05, 0) is 92.2 Å². The van der Waals surface area contributed by atoms with Gasteiger partial charge < -0.3 is 0 Å². The lowest BCUT2D eigenvalue weighted by Gasteiger charge is -2.44. The lowest BCUT2D eigenvalue weighted by Crippen LogP contribution is -2.49. The van der Waals surface area contributed by atoms with Crippen LogP contribution >= 0.6 is 11.9 Å². The number of nitrogens with zero attached hydrogens (tertiary/aromatic N) is 6. The predicted molar refractivity (Wildman–Crippen MR) is 141 cm³/mol. The number of aryl methyl sites for hydroxylation is 2. The minimum absolute atomic E-state index is 0.0391. The number of hydrogen-bond acceptors (Lipinski definition) is 6. The summed E-state index contributed by atoms with van der Waals surface area (Å²) in [6.07, 6.45) is 10.9. The molecule has 9 heteroatoms. The SMILES string of the molecule is CCn1cc(SN2CCC3=Cc4c(cnn4-c4ccc(F)cc4)CC3(C(=O)c3cc(C)ccn3)C2)cn1. The number of benzene rings is 1. The van der Waals surface area contributed by atoms with Crippen molar-refractivity contribution in [3.05, 3.63) is 95.1 Å².